The van der Waals surface area contributed by atoms with Crippen molar-refractivity contribution in [2.75, 3.05) is 0 Å². The van der Waals surface area contributed by atoms with Gasteiger partial charge < -0.3 is 9.72 Å². The SMILES string of the molecule is CCc1ccc(C(=O)[C@H](C)OC(=O)Cc2c[nH]c3ccccc23)cc1. The zero-order chi connectivity index (χ0) is 17.8. The molecule has 0 amide bonds. The zero-order valence-electron chi connectivity index (χ0n) is 14.4. The number of benzene rings is 2. The molecule has 25 heavy (non-hydrogen) atoms. The third kappa shape index (κ3) is 3.79. The number of Topliss-reactive ketones (excluding diaryl/α,β-unsaturated/α-hetero) is 1. The van der Waals surface area contributed by atoms with Gasteiger partial charge in [0.25, 0.3) is 0 Å². The number of carbonyl (C=O) groups excluding carboxylic acids is 2. The Kier molecular flexibility index (Phi) is 4.98. The van der Waals surface area contributed by atoms with Gasteiger partial charge in [-0.15, -0.1) is 0 Å². The number of rotatable bonds is 6. The lowest BCUT2D eigenvalue weighted by Gasteiger charge is -2.12. The highest BCUT2D eigenvalue weighted by atomic mass is 16.5. The highest BCUT2D eigenvalue weighted by molar-refractivity contribution is 6.00. The van der Waals surface area contributed by atoms with Crippen molar-refractivity contribution in [3.63, 3.8) is 0 Å². The van der Waals surface area contributed by atoms with E-state index in [2.05, 4.69) is 11.9 Å². The third-order valence-corrected chi connectivity index (χ3v) is 4.33. The van der Waals surface area contributed by atoms with Crippen molar-refractivity contribution in [3.8, 4) is 0 Å². The average Bonchev–Trinajstić information content (AvgIpc) is 3.04. The van der Waals surface area contributed by atoms with E-state index in [0.29, 0.717) is 5.56 Å². The van der Waals surface area contributed by atoms with E-state index in [1.54, 1.807) is 19.1 Å². The average molecular weight is 335 g/mol. The van der Waals surface area contributed by atoms with Crippen LogP contribution >= 0.6 is 0 Å². The molecule has 0 spiro atoms. The summed E-state index contributed by atoms with van der Waals surface area (Å²) < 4.78 is 5.34. The van der Waals surface area contributed by atoms with Gasteiger partial charge in [0.1, 0.15) is 0 Å². The number of ketones is 1. The number of hydrogen-bond donors (Lipinski definition) is 1. The van der Waals surface area contributed by atoms with Gasteiger partial charge in [-0.05, 0) is 30.5 Å². The Morgan fingerprint density at radius 1 is 1.08 bits per heavy atom. The van der Waals surface area contributed by atoms with Gasteiger partial charge in [0, 0.05) is 22.7 Å². The van der Waals surface area contributed by atoms with E-state index in [0.717, 1.165) is 22.9 Å². The fourth-order valence-electron chi connectivity index (χ4n) is 2.87. The number of nitrogens with one attached hydrogen (secondary N) is 1. The molecule has 0 unspecified atom stereocenters. The molecule has 4 heteroatoms. The van der Waals surface area contributed by atoms with Crippen molar-refractivity contribution in [1.29, 1.82) is 0 Å². The lowest BCUT2D eigenvalue weighted by molar-refractivity contribution is -0.145. The van der Waals surface area contributed by atoms with Crippen molar-refractivity contribution in [1.82, 2.24) is 4.98 Å². The number of aryl methyl sites for hydroxylation is 1. The minimum absolute atomic E-state index is 0.135. The van der Waals surface area contributed by atoms with Crippen LogP contribution in [0.3, 0.4) is 0 Å². The molecular weight excluding hydrogens is 314 g/mol. The van der Waals surface area contributed by atoms with Crippen LogP contribution in [-0.4, -0.2) is 22.8 Å². The first-order valence-electron chi connectivity index (χ1n) is 8.46. The Bertz CT molecular complexity index is 893. The minimum atomic E-state index is -0.801. The first kappa shape index (κ1) is 17.0. The summed E-state index contributed by atoms with van der Waals surface area (Å²) in [6.45, 7) is 3.68. The number of ether oxygens (including phenoxy) is 1. The van der Waals surface area contributed by atoms with Gasteiger partial charge >= 0.3 is 5.97 Å². The second-order valence-electron chi connectivity index (χ2n) is 6.08. The Morgan fingerprint density at radius 3 is 2.52 bits per heavy atom. The second kappa shape index (κ2) is 7.34. The van der Waals surface area contributed by atoms with Crippen LogP contribution in [0.25, 0.3) is 10.9 Å². The van der Waals surface area contributed by atoms with Crippen LogP contribution in [0, 0.1) is 0 Å². The molecule has 1 heterocycles. The summed E-state index contributed by atoms with van der Waals surface area (Å²) in [6, 6.07) is 15.2. The topological polar surface area (TPSA) is 59.2 Å². The Hall–Kier alpha value is -2.88. The van der Waals surface area contributed by atoms with Crippen molar-refractivity contribution < 1.29 is 14.3 Å². The maximum absolute atomic E-state index is 12.4. The molecule has 3 aromatic rings. The van der Waals surface area contributed by atoms with E-state index in [4.69, 9.17) is 4.74 Å². The van der Waals surface area contributed by atoms with Crippen molar-refractivity contribution >= 4 is 22.7 Å². The molecule has 1 aromatic heterocycles. The largest absolute Gasteiger partial charge is 0.454 e. The lowest BCUT2D eigenvalue weighted by Crippen LogP contribution is -2.25. The number of para-hydroxylation sites is 1. The molecule has 128 valence electrons. The summed E-state index contributed by atoms with van der Waals surface area (Å²) in [5.74, 6) is -0.592. The summed E-state index contributed by atoms with van der Waals surface area (Å²) in [6.07, 6.45) is 2.06. The first-order chi connectivity index (χ1) is 12.1. The van der Waals surface area contributed by atoms with E-state index in [9.17, 15) is 9.59 Å². The third-order valence-electron chi connectivity index (χ3n) is 4.33. The number of fused-ring (bicyclic) bond motifs is 1. The minimum Gasteiger partial charge on any atom is -0.454 e. The molecule has 1 N–H and O–H groups in total. The van der Waals surface area contributed by atoms with E-state index in [1.165, 1.54) is 5.56 Å². The van der Waals surface area contributed by atoms with E-state index < -0.39 is 12.1 Å². The molecule has 0 aliphatic carbocycles. The molecule has 0 saturated heterocycles. The molecule has 2 aromatic carbocycles. The number of esters is 1. The van der Waals surface area contributed by atoms with Gasteiger partial charge in [0.15, 0.2) is 6.10 Å². The molecule has 0 radical (unpaired) electrons. The predicted octanol–water partition coefficient (Wildman–Crippen LogP) is 4.09. The van der Waals surface area contributed by atoms with Gasteiger partial charge in [0.2, 0.25) is 5.78 Å². The molecule has 3 rings (SSSR count). The summed E-state index contributed by atoms with van der Waals surface area (Å²) in [4.78, 5) is 27.8. The van der Waals surface area contributed by atoms with Crippen LogP contribution in [0.1, 0.15) is 35.3 Å². The van der Waals surface area contributed by atoms with Crippen molar-refractivity contribution in [3.05, 3.63) is 71.4 Å². The van der Waals surface area contributed by atoms with Gasteiger partial charge in [-0.25, -0.2) is 0 Å². The van der Waals surface area contributed by atoms with Gasteiger partial charge in [0.05, 0.1) is 6.42 Å². The van der Waals surface area contributed by atoms with Crippen molar-refractivity contribution in [2.45, 2.75) is 32.8 Å². The maximum Gasteiger partial charge on any atom is 0.311 e. The summed E-state index contributed by atoms with van der Waals surface area (Å²) in [7, 11) is 0. The zero-order valence-corrected chi connectivity index (χ0v) is 14.4. The first-order valence-corrected chi connectivity index (χ1v) is 8.46. The van der Waals surface area contributed by atoms with Crippen LogP contribution in [0.4, 0.5) is 0 Å². The number of H-pyrrole nitrogens is 1. The highest BCUT2D eigenvalue weighted by Gasteiger charge is 2.20. The predicted molar refractivity (Wildman–Crippen MR) is 97.7 cm³/mol. The Labute approximate surface area is 146 Å². The monoisotopic (exact) mass is 335 g/mol. The summed E-state index contributed by atoms with van der Waals surface area (Å²) in [5, 5.41) is 0.994. The second-order valence-corrected chi connectivity index (χ2v) is 6.08. The van der Waals surface area contributed by atoms with Crippen LogP contribution < -0.4 is 0 Å². The molecule has 0 aliphatic heterocycles. The van der Waals surface area contributed by atoms with Crippen LogP contribution in [0.2, 0.25) is 0 Å². The number of carbonyl (C=O) groups is 2. The number of aromatic amines is 1. The molecule has 0 fully saturated rings. The smallest absolute Gasteiger partial charge is 0.311 e. The fraction of sp³-hybridized carbons (Fsp3) is 0.238. The standard InChI is InChI=1S/C21H21NO3/c1-3-15-8-10-16(11-9-15)21(24)14(2)25-20(23)12-17-13-22-19-7-5-4-6-18(17)19/h4-11,13-14,22H,3,12H2,1-2H3/t14-/m0/s1. The van der Waals surface area contributed by atoms with Crippen molar-refractivity contribution in [2.24, 2.45) is 0 Å². The van der Waals surface area contributed by atoms with Crippen LogP contribution in [0.5, 0.6) is 0 Å². The Balaban J connectivity index is 1.64. The summed E-state index contributed by atoms with van der Waals surface area (Å²) in [5.41, 5.74) is 3.57. The van der Waals surface area contributed by atoms with Crippen LogP contribution in [-0.2, 0) is 22.4 Å². The number of aromatic nitrogens is 1. The van der Waals surface area contributed by atoms with E-state index in [-0.39, 0.29) is 12.2 Å². The molecular formula is C21H21NO3. The molecule has 0 aliphatic rings. The van der Waals surface area contributed by atoms with Crippen LogP contribution in [0.15, 0.2) is 54.7 Å². The highest BCUT2D eigenvalue weighted by Crippen LogP contribution is 2.19. The van der Waals surface area contributed by atoms with E-state index in [1.807, 2.05) is 42.6 Å². The molecule has 0 saturated carbocycles. The van der Waals surface area contributed by atoms with Gasteiger partial charge in [-0.3, -0.25) is 9.59 Å². The summed E-state index contributed by atoms with van der Waals surface area (Å²) >= 11 is 0. The quantitative estimate of drug-likeness (QED) is 0.545. The maximum atomic E-state index is 12.4. The molecule has 0 bridgehead atoms. The lowest BCUT2D eigenvalue weighted by atomic mass is 10.0. The molecule has 1 atom stereocenters. The normalized spacial score (nSPS) is 12.1. The van der Waals surface area contributed by atoms with Gasteiger partial charge in [-0.2, -0.15) is 0 Å². The fourth-order valence-corrected chi connectivity index (χ4v) is 2.87. The number of hydrogen-bond acceptors (Lipinski definition) is 3. The molecule has 4 nitrogen and oxygen atoms in total. The van der Waals surface area contributed by atoms with Gasteiger partial charge in [-0.1, -0.05) is 49.4 Å². The Morgan fingerprint density at radius 2 is 1.80 bits per heavy atom. The van der Waals surface area contributed by atoms with E-state index >= 15 is 0 Å².